The molecule has 1 spiro atoms. The lowest BCUT2D eigenvalue weighted by atomic mass is 9.77. The second kappa shape index (κ2) is 9.17. The number of piperidine rings is 1. The Balaban J connectivity index is 1.77. The average Bonchev–Trinajstić information content (AvgIpc) is 3.61. The number of aliphatic imine (C=N–C) groups is 1. The van der Waals surface area contributed by atoms with Gasteiger partial charge in [-0.3, -0.25) is 10.2 Å². The number of carbonyl (C=O) groups is 2. The Morgan fingerprint density at radius 2 is 1.79 bits per heavy atom. The molecule has 1 amide bonds. The monoisotopic (exact) mass is 447 g/mol. The number of amides is 1. The molecule has 1 unspecified atom stereocenters. The minimum Gasteiger partial charge on any atom is -0.497 e. The van der Waals surface area contributed by atoms with Gasteiger partial charge in [0.1, 0.15) is 17.2 Å². The maximum absolute atomic E-state index is 13.7. The number of hydrogen-bond donors (Lipinski definition) is 1. The van der Waals surface area contributed by atoms with E-state index in [-0.39, 0.29) is 29.4 Å². The molecular weight excluding hydrogens is 418 g/mol. The Morgan fingerprint density at radius 3 is 2.33 bits per heavy atom. The molecule has 2 aromatic rings. The van der Waals surface area contributed by atoms with Gasteiger partial charge in [-0.05, 0) is 68.1 Å². The van der Waals surface area contributed by atoms with Crippen LogP contribution < -0.4 is 9.64 Å². The quantitative estimate of drug-likeness (QED) is 0.504. The maximum atomic E-state index is 13.7. The van der Waals surface area contributed by atoms with Crippen LogP contribution in [0.5, 0.6) is 5.75 Å². The third kappa shape index (κ3) is 4.40. The predicted octanol–water partition coefficient (Wildman–Crippen LogP) is 4.36. The molecule has 7 nitrogen and oxygen atoms in total. The third-order valence-corrected chi connectivity index (χ3v) is 6.48. The van der Waals surface area contributed by atoms with Crippen LogP contribution in [0.3, 0.4) is 0 Å². The van der Waals surface area contributed by atoms with E-state index in [0.29, 0.717) is 18.0 Å². The number of rotatable bonds is 7. The molecule has 1 saturated carbocycles. The Morgan fingerprint density at radius 1 is 1.12 bits per heavy atom. The van der Waals surface area contributed by atoms with Crippen LogP contribution in [-0.4, -0.2) is 43.6 Å². The lowest BCUT2D eigenvalue weighted by molar-refractivity contribution is -0.135. The van der Waals surface area contributed by atoms with Crippen LogP contribution in [0, 0.1) is 16.7 Å². The fourth-order valence-corrected chi connectivity index (χ4v) is 4.44. The van der Waals surface area contributed by atoms with Crippen molar-refractivity contribution in [2.75, 3.05) is 25.2 Å². The highest BCUT2D eigenvalue weighted by molar-refractivity contribution is 6.54. The highest BCUT2D eigenvalue weighted by Crippen LogP contribution is 2.56. The molecule has 1 N–H and O–H groups in total. The number of aryl methyl sites for hydroxylation is 1. The van der Waals surface area contributed by atoms with Crippen LogP contribution in [0.25, 0.3) is 0 Å². The molecule has 1 aliphatic heterocycles. The molecule has 0 bridgehead atoms. The molecule has 33 heavy (non-hydrogen) atoms. The van der Waals surface area contributed by atoms with Gasteiger partial charge in [-0.1, -0.05) is 19.1 Å². The molecule has 0 radical (unpaired) electrons. The van der Waals surface area contributed by atoms with E-state index in [1.807, 2.05) is 24.3 Å². The van der Waals surface area contributed by atoms with E-state index >= 15 is 0 Å². The number of anilines is 1. The zero-order valence-electron chi connectivity index (χ0n) is 19.3. The fraction of sp³-hybridized carbons (Fsp3) is 0.385. The molecule has 2 aliphatic rings. The minimum atomic E-state index is -0.697. The first-order valence-electron chi connectivity index (χ1n) is 11.3. The number of benzene rings is 2. The highest BCUT2D eigenvalue weighted by Gasteiger charge is 2.60. The number of nitrogens with zero attached hydrogens (tertiary/aromatic N) is 2. The molecule has 172 valence electrons. The van der Waals surface area contributed by atoms with E-state index in [0.717, 1.165) is 24.9 Å². The Bertz CT molecular complexity index is 1090. The van der Waals surface area contributed by atoms with Gasteiger partial charge in [-0.2, -0.15) is 0 Å². The molecule has 0 aromatic heterocycles. The third-order valence-electron chi connectivity index (χ3n) is 6.48. The van der Waals surface area contributed by atoms with Crippen molar-refractivity contribution in [3.05, 3.63) is 54.1 Å². The van der Waals surface area contributed by atoms with Gasteiger partial charge < -0.3 is 14.4 Å². The topological polar surface area (TPSA) is 92.0 Å². The fourth-order valence-electron chi connectivity index (χ4n) is 4.44. The Labute approximate surface area is 193 Å². The van der Waals surface area contributed by atoms with E-state index in [4.69, 9.17) is 14.9 Å². The summed E-state index contributed by atoms with van der Waals surface area (Å²) in [6, 6.07) is 15.0. The van der Waals surface area contributed by atoms with Crippen LogP contribution in [0.4, 0.5) is 11.4 Å². The standard InChI is InChI=1S/C26H29N3O4/c1-4-17-6-10-19(11-7-17)29-16-26(14-15-26)21(22(27)25(31)33-5-2)23(24(29)30)28-18-8-12-20(32-3)13-9-18/h6-13,21,27H,4-5,14-16H2,1-3H3. The van der Waals surface area contributed by atoms with Gasteiger partial charge in [0.2, 0.25) is 0 Å². The lowest BCUT2D eigenvalue weighted by Crippen LogP contribution is -2.56. The smallest absolute Gasteiger partial charge is 0.352 e. The summed E-state index contributed by atoms with van der Waals surface area (Å²) in [7, 11) is 1.58. The van der Waals surface area contributed by atoms with Gasteiger partial charge in [0.15, 0.2) is 0 Å². The first-order valence-corrected chi connectivity index (χ1v) is 11.3. The average molecular weight is 448 g/mol. The number of ether oxygens (including phenoxy) is 2. The number of esters is 1. The highest BCUT2D eigenvalue weighted by atomic mass is 16.5. The van der Waals surface area contributed by atoms with Crippen LogP contribution in [0.2, 0.25) is 0 Å². The van der Waals surface area contributed by atoms with Crippen molar-refractivity contribution < 1.29 is 19.1 Å². The molecule has 1 atom stereocenters. The molecular formula is C26H29N3O4. The number of carbonyl (C=O) groups excluding carboxylic acids is 2. The first-order chi connectivity index (χ1) is 15.9. The van der Waals surface area contributed by atoms with Crippen molar-refractivity contribution in [2.45, 2.75) is 33.1 Å². The second-order valence-corrected chi connectivity index (χ2v) is 8.54. The Hall–Kier alpha value is -3.48. The first kappa shape index (κ1) is 22.7. The summed E-state index contributed by atoms with van der Waals surface area (Å²) >= 11 is 0. The predicted molar refractivity (Wildman–Crippen MR) is 128 cm³/mol. The van der Waals surface area contributed by atoms with Crippen LogP contribution in [0.15, 0.2) is 53.5 Å². The van der Waals surface area contributed by atoms with E-state index < -0.39 is 11.9 Å². The van der Waals surface area contributed by atoms with Crippen molar-refractivity contribution in [1.82, 2.24) is 0 Å². The van der Waals surface area contributed by atoms with E-state index in [1.165, 1.54) is 5.56 Å². The lowest BCUT2D eigenvalue weighted by Gasteiger charge is -2.39. The summed E-state index contributed by atoms with van der Waals surface area (Å²) in [5.41, 5.74) is 2.19. The van der Waals surface area contributed by atoms with Gasteiger partial charge in [-0.15, -0.1) is 0 Å². The summed E-state index contributed by atoms with van der Waals surface area (Å²) in [5, 5.41) is 8.62. The van der Waals surface area contributed by atoms with Gasteiger partial charge in [0.25, 0.3) is 5.91 Å². The van der Waals surface area contributed by atoms with Crippen LogP contribution in [-0.2, 0) is 20.7 Å². The molecule has 7 heteroatoms. The zero-order chi connectivity index (χ0) is 23.6. The minimum absolute atomic E-state index is 0.176. The van der Waals surface area contributed by atoms with Crippen LogP contribution >= 0.6 is 0 Å². The van der Waals surface area contributed by atoms with Crippen molar-refractivity contribution in [2.24, 2.45) is 16.3 Å². The van der Waals surface area contributed by atoms with Gasteiger partial charge >= 0.3 is 5.97 Å². The summed E-state index contributed by atoms with van der Waals surface area (Å²) in [5.74, 6) is -0.991. The normalized spacial score (nSPS) is 20.1. The van der Waals surface area contributed by atoms with Gasteiger partial charge in [0.05, 0.1) is 25.3 Å². The van der Waals surface area contributed by atoms with Gasteiger partial charge in [-0.25, -0.2) is 9.79 Å². The molecule has 4 rings (SSSR count). The number of hydrogen-bond acceptors (Lipinski definition) is 6. The summed E-state index contributed by atoms with van der Waals surface area (Å²) in [4.78, 5) is 32.7. The largest absolute Gasteiger partial charge is 0.497 e. The zero-order valence-corrected chi connectivity index (χ0v) is 19.3. The molecule has 2 aromatic carbocycles. The van der Waals surface area contributed by atoms with Gasteiger partial charge in [0, 0.05) is 17.6 Å². The van der Waals surface area contributed by atoms with Crippen molar-refractivity contribution >= 4 is 34.7 Å². The summed E-state index contributed by atoms with van der Waals surface area (Å²) in [6.45, 7) is 4.42. The van der Waals surface area contributed by atoms with Crippen LogP contribution in [0.1, 0.15) is 32.3 Å². The second-order valence-electron chi connectivity index (χ2n) is 8.54. The van der Waals surface area contributed by atoms with Crippen molar-refractivity contribution in [1.29, 1.82) is 5.41 Å². The molecule has 1 saturated heterocycles. The van der Waals surface area contributed by atoms with E-state index in [9.17, 15) is 9.59 Å². The van der Waals surface area contributed by atoms with E-state index in [2.05, 4.69) is 11.9 Å². The maximum Gasteiger partial charge on any atom is 0.352 e. The number of nitrogens with one attached hydrogen (secondary N) is 1. The Kier molecular flexibility index (Phi) is 6.31. The molecule has 1 heterocycles. The SMILES string of the molecule is CCOC(=O)C(=N)C1C(=Nc2ccc(OC)cc2)C(=O)N(c2ccc(CC)cc2)CC12CC2. The number of methoxy groups -OCH3 is 1. The summed E-state index contributed by atoms with van der Waals surface area (Å²) < 4.78 is 10.3. The van der Waals surface area contributed by atoms with E-state index in [1.54, 1.807) is 43.2 Å². The molecule has 1 aliphatic carbocycles. The van der Waals surface area contributed by atoms with Crippen molar-refractivity contribution in [3.8, 4) is 5.75 Å². The molecule has 2 fully saturated rings. The summed E-state index contributed by atoms with van der Waals surface area (Å²) in [6.07, 6.45) is 2.55. The van der Waals surface area contributed by atoms with Crippen molar-refractivity contribution in [3.63, 3.8) is 0 Å².